The summed E-state index contributed by atoms with van der Waals surface area (Å²) >= 11 is 3.30. The van der Waals surface area contributed by atoms with Gasteiger partial charge in [-0.05, 0) is 42.5 Å². The molecule has 0 saturated heterocycles. The van der Waals surface area contributed by atoms with E-state index in [0.717, 1.165) is 4.47 Å². The minimum Gasteiger partial charge on any atom is -0.454 e. The Balaban J connectivity index is 2.24. The first-order valence-electron chi connectivity index (χ1n) is 5.13. The second-order valence-corrected chi connectivity index (χ2v) is 4.53. The van der Waals surface area contributed by atoms with Gasteiger partial charge in [-0.15, -0.1) is 0 Å². The summed E-state index contributed by atoms with van der Waals surface area (Å²) in [4.78, 5) is 0. The molecule has 5 heteroatoms. The van der Waals surface area contributed by atoms with Crippen molar-refractivity contribution >= 4 is 21.8 Å². The summed E-state index contributed by atoms with van der Waals surface area (Å²) in [5.74, 6) is -0.0929. The van der Waals surface area contributed by atoms with Crippen LogP contribution in [0.25, 0.3) is 0 Å². The average molecular weight is 309 g/mol. The smallest absolute Gasteiger partial charge is 0.166 e. The van der Waals surface area contributed by atoms with Crippen LogP contribution in [0.5, 0.6) is 11.5 Å². The van der Waals surface area contributed by atoms with Crippen molar-refractivity contribution < 1.29 is 9.13 Å². The molecule has 2 aromatic carbocycles. The number of rotatable bonds is 3. The Morgan fingerprint density at radius 3 is 2.39 bits per heavy atom. The van der Waals surface area contributed by atoms with Gasteiger partial charge in [-0.3, -0.25) is 5.41 Å². The third kappa shape index (κ3) is 2.87. The number of hydrogen-bond donors (Lipinski definition) is 2. The first-order chi connectivity index (χ1) is 8.56. The summed E-state index contributed by atoms with van der Waals surface area (Å²) in [5.41, 5.74) is 5.60. The first kappa shape index (κ1) is 12.6. The molecule has 0 aliphatic heterocycles. The van der Waals surface area contributed by atoms with Crippen molar-refractivity contribution in [2.45, 2.75) is 0 Å². The summed E-state index contributed by atoms with van der Waals surface area (Å²) in [6, 6.07) is 11.2. The molecule has 18 heavy (non-hydrogen) atoms. The van der Waals surface area contributed by atoms with Crippen molar-refractivity contribution in [1.29, 1.82) is 5.41 Å². The second-order valence-electron chi connectivity index (χ2n) is 3.61. The molecule has 0 saturated carbocycles. The van der Waals surface area contributed by atoms with Gasteiger partial charge in [0, 0.05) is 10.0 Å². The van der Waals surface area contributed by atoms with Gasteiger partial charge < -0.3 is 10.5 Å². The molecule has 0 aliphatic rings. The Morgan fingerprint density at radius 1 is 1.17 bits per heavy atom. The Morgan fingerprint density at radius 2 is 1.83 bits per heavy atom. The molecule has 3 N–H and O–H groups in total. The molecule has 0 aromatic heterocycles. The van der Waals surface area contributed by atoms with E-state index in [4.69, 9.17) is 15.9 Å². The lowest BCUT2D eigenvalue weighted by atomic mass is 10.2. The van der Waals surface area contributed by atoms with Gasteiger partial charge in [0.1, 0.15) is 11.6 Å². The Kier molecular flexibility index (Phi) is 3.62. The predicted octanol–water partition coefficient (Wildman–Crippen LogP) is 3.66. The van der Waals surface area contributed by atoms with Gasteiger partial charge in [0.2, 0.25) is 0 Å². The highest BCUT2D eigenvalue weighted by atomic mass is 79.9. The van der Waals surface area contributed by atoms with Gasteiger partial charge in [0.25, 0.3) is 0 Å². The topological polar surface area (TPSA) is 59.1 Å². The number of ether oxygens (including phenoxy) is 1. The second kappa shape index (κ2) is 5.18. The Bertz CT molecular complexity index is 584. The zero-order valence-corrected chi connectivity index (χ0v) is 10.9. The fourth-order valence-corrected chi connectivity index (χ4v) is 1.65. The van der Waals surface area contributed by atoms with Crippen LogP contribution < -0.4 is 10.5 Å². The van der Waals surface area contributed by atoms with Crippen molar-refractivity contribution in [2.75, 3.05) is 0 Å². The zero-order valence-electron chi connectivity index (χ0n) is 9.28. The van der Waals surface area contributed by atoms with Crippen molar-refractivity contribution in [3.8, 4) is 11.5 Å². The summed E-state index contributed by atoms with van der Waals surface area (Å²) in [7, 11) is 0. The summed E-state index contributed by atoms with van der Waals surface area (Å²) in [5, 5.41) is 7.21. The van der Waals surface area contributed by atoms with Crippen LogP contribution in [0.2, 0.25) is 0 Å². The van der Waals surface area contributed by atoms with Crippen molar-refractivity contribution in [2.24, 2.45) is 5.73 Å². The molecule has 0 aliphatic carbocycles. The molecule has 0 unspecified atom stereocenters. The summed E-state index contributed by atoms with van der Waals surface area (Å²) in [6.45, 7) is 0. The number of nitrogens with one attached hydrogen (secondary N) is 1. The van der Waals surface area contributed by atoms with E-state index in [2.05, 4.69) is 15.9 Å². The highest BCUT2D eigenvalue weighted by molar-refractivity contribution is 9.10. The first-order valence-corrected chi connectivity index (χ1v) is 5.93. The van der Waals surface area contributed by atoms with E-state index in [9.17, 15) is 4.39 Å². The zero-order chi connectivity index (χ0) is 13.1. The maximum absolute atomic E-state index is 13.7. The molecule has 0 bridgehead atoms. The lowest BCUT2D eigenvalue weighted by molar-refractivity contribution is 0.442. The molecular weight excluding hydrogens is 299 g/mol. The van der Waals surface area contributed by atoms with E-state index >= 15 is 0 Å². The van der Waals surface area contributed by atoms with E-state index in [1.54, 1.807) is 30.3 Å². The maximum atomic E-state index is 13.7. The SMILES string of the molecule is N=C(N)c1ccc(Oc2ccc(Br)cc2)c(F)c1. The minimum absolute atomic E-state index is 0.0994. The van der Waals surface area contributed by atoms with Crippen molar-refractivity contribution in [3.63, 3.8) is 0 Å². The van der Waals surface area contributed by atoms with Crippen molar-refractivity contribution in [1.82, 2.24) is 0 Å². The average Bonchev–Trinajstić information content (AvgIpc) is 2.34. The predicted molar refractivity (Wildman–Crippen MR) is 71.6 cm³/mol. The molecule has 0 atom stereocenters. The Hall–Kier alpha value is -1.88. The van der Waals surface area contributed by atoms with E-state index in [1.165, 1.54) is 12.1 Å². The van der Waals surface area contributed by atoms with Gasteiger partial charge in [0.05, 0.1) is 0 Å². The molecule has 2 aromatic rings. The maximum Gasteiger partial charge on any atom is 0.166 e. The third-order valence-corrected chi connectivity index (χ3v) is 2.81. The lowest BCUT2D eigenvalue weighted by Gasteiger charge is -2.08. The number of hydrogen-bond acceptors (Lipinski definition) is 2. The van der Waals surface area contributed by atoms with Gasteiger partial charge in [-0.2, -0.15) is 0 Å². The van der Waals surface area contributed by atoms with Gasteiger partial charge in [0.15, 0.2) is 11.6 Å². The van der Waals surface area contributed by atoms with Crippen LogP contribution in [0.3, 0.4) is 0 Å². The van der Waals surface area contributed by atoms with Crippen LogP contribution in [0.15, 0.2) is 46.9 Å². The molecule has 0 heterocycles. The van der Waals surface area contributed by atoms with Crippen LogP contribution in [-0.4, -0.2) is 5.84 Å². The van der Waals surface area contributed by atoms with E-state index in [-0.39, 0.29) is 11.6 Å². The summed E-state index contributed by atoms with van der Waals surface area (Å²) < 4.78 is 20.0. The van der Waals surface area contributed by atoms with Crippen LogP contribution in [0.4, 0.5) is 4.39 Å². The minimum atomic E-state index is -0.550. The monoisotopic (exact) mass is 308 g/mol. The van der Waals surface area contributed by atoms with E-state index < -0.39 is 5.82 Å². The third-order valence-electron chi connectivity index (χ3n) is 2.28. The highest BCUT2D eigenvalue weighted by Crippen LogP contribution is 2.26. The molecule has 3 nitrogen and oxygen atoms in total. The highest BCUT2D eigenvalue weighted by Gasteiger charge is 2.07. The van der Waals surface area contributed by atoms with Crippen LogP contribution >= 0.6 is 15.9 Å². The lowest BCUT2D eigenvalue weighted by Crippen LogP contribution is -2.11. The molecule has 92 valence electrons. The van der Waals surface area contributed by atoms with Crippen LogP contribution in [0.1, 0.15) is 5.56 Å². The van der Waals surface area contributed by atoms with E-state index in [0.29, 0.717) is 11.3 Å². The van der Waals surface area contributed by atoms with Crippen LogP contribution in [-0.2, 0) is 0 Å². The fraction of sp³-hybridized carbons (Fsp3) is 0. The molecule has 0 spiro atoms. The van der Waals surface area contributed by atoms with Gasteiger partial charge in [-0.25, -0.2) is 4.39 Å². The molecule has 0 radical (unpaired) electrons. The van der Waals surface area contributed by atoms with E-state index in [1.807, 2.05) is 0 Å². The fourth-order valence-electron chi connectivity index (χ4n) is 1.38. The number of nitrogens with two attached hydrogens (primary N) is 1. The number of halogens is 2. The molecular formula is C13H10BrFN2O. The van der Waals surface area contributed by atoms with Crippen molar-refractivity contribution in [3.05, 3.63) is 58.3 Å². The largest absolute Gasteiger partial charge is 0.454 e. The van der Waals surface area contributed by atoms with Gasteiger partial charge in [-0.1, -0.05) is 15.9 Å². The molecule has 2 rings (SSSR count). The number of nitrogen functional groups attached to an aromatic ring is 1. The molecule has 0 fully saturated rings. The van der Waals surface area contributed by atoms with Gasteiger partial charge >= 0.3 is 0 Å². The Labute approximate surface area is 112 Å². The quantitative estimate of drug-likeness (QED) is 0.671. The summed E-state index contributed by atoms with van der Waals surface area (Å²) in [6.07, 6.45) is 0. The normalized spacial score (nSPS) is 10.1. The number of benzene rings is 2. The van der Waals surface area contributed by atoms with Crippen LogP contribution in [0, 0.1) is 11.2 Å². The molecule has 0 amide bonds. The standard InChI is InChI=1S/C13H10BrFN2O/c14-9-2-4-10(5-3-9)18-12-6-1-8(13(16)17)7-11(12)15/h1-7H,(H3,16,17). The number of amidine groups is 1.